The van der Waals surface area contributed by atoms with E-state index < -0.39 is 30.0 Å². The molecule has 4 aliphatic carbocycles. The van der Waals surface area contributed by atoms with Crippen LogP contribution in [-0.4, -0.2) is 29.7 Å². The Kier molecular flexibility index (Phi) is 2.60. The van der Waals surface area contributed by atoms with Crippen LogP contribution < -0.4 is 0 Å². The number of hydrogen-bond acceptors (Lipinski definition) is 3. The van der Waals surface area contributed by atoms with E-state index in [1.807, 2.05) is 6.92 Å². The van der Waals surface area contributed by atoms with Crippen LogP contribution in [-0.2, 0) is 9.47 Å². The van der Waals surface area contributed by atoms with Crippen LogP contribution >= 0.6 is 0 Å². The lowest BCUT2D eigenvalue weighted by atomic mass is 9.56. The maximum Gasteiger partial charge on any atom is 0.172 e. The smallest absolute Gasteiger partial charge is 0.172 e. The Morgan fingerprint density at radius 2 is 2.12 bits per heavy atom. The molecule has 4 atom stereocenters. The predicted molar refractivity (Wildman–Crippen MR) is 97.0 cm³/mol. The van der Waals surface area contributed by atoms with E-state index in [2.05, 4.69) is 6.08 Å². The van der Waals surface area contributed by atoms with Crippen LogP contribution in [0.25, 0.3) is 0 Å². The van der Waals surface area contributed by atoms with Gasteiger partial charge in [0.05, 0.1) is 18.8 Å². The van der Waals surface area contributed by atoms with E-state index in [0.717, 1.165) is 32.1 Å². The Hall–Kier alpha value is -0.640. The van der Waals surface area contributed by atoms with Gasteiger partial charge in [-0.1, -0.05) is 25.4 Å². The van der Waals surface area contributed by atoms with Crippen molar-refractivity contribution in [2.75, 3.05) is 13.2 Å². The maximum atomic E-state index is 11.6. The van der Waals surface area contributed by atoms with Crippen molar-refractivity contribution in [1.82, 2.24) is 0 Å². The van der Waals surface area contributed by atoms with E-state index in [0.29, 0.717) is 26.1 Å². The Balaban J connectivity index is 1.49. The van der Waals surface area contributed by atoms with Crippen LogP contribution in [0.4, 0.5) is 0 Å². The zero-order valence-electron chi connectivity index (χ0n) is 20.1. The highest BCUT2D eigenvalue weighted by atomic mass is 16.7. The molecule has 0 amide bonds. The van der Waals surface area contributed by atoms with Gasteiger partial charge in [0, 0.05) is 25.1 Å². The first-order valence-electron chi connectivity index (χ1n) is 12.4. The largest absolute Gasteiger partial charge is 0.389 e. The van der Waals surface area contributed by atoms with Gasteiger partial charge in [-0.25, -0.2) is 0 Å². The molecule has 0 aromatic rings. The van der Waals surface area contributed by atoms with Crippen molar-refractivity contribution in [3.63, 3.8) is 0 Å². The second-order valence-corrected chi connectivity index (χ2v) is 8.92. The molecule has 0 unspecified atom stereocenters. The number of aliphatic hydroxyl groups is 1. The average molecular weight is 350 g/mol. The number of allylic oxidation sites excluding steroid dienone is 3. The molecule has 0 aromatic carbocycles. The third-order valence-electron chi connectivity index (χ3n) is 8.00. The van der Waals surface area contributed by atoms with Crippen molar-refractivity contribution in [3.05, 3.63) is 22.8 Å². The van der Waals surface area contributed by atoms with E-state index >= 15 is 0 Å². The summed E-state index contributed by atoms with van der Waals surface area (Å²) in [5, 5.41) is 11.6. The number of rotatable bonds is 1. The van der Waals surface area contributed by atoms with Crippen molar-refractivity contribution in [2.45, 2.75) is 82.9 Å². The molecule has 25 heavy (non-hydrogen) atoms. The van der Waals surface area contributed by atoms with Crippen LogP contribution in [0.5, 0.6) is 0 Å². The summed E-state index contributed by atoms with van der Waals surface area (Å²) in [5.41, 5.74) is 1.59. The highest BCUT2D eigenvalue weighted by Gasteiger charge is 2.59. The first-order valence-corrected chi connectivity index (χ1v) is 9.86. The minimum Gasteiger partial charge on any atom is -0.389 e. The van der Waals surface area contributed by atoms with Crippen molar-refractivity contribution >= 4 is 0 Å². The SMILES string of the molecule is [2H]C([2H])([2H])C([2H])([2H])[C@]1(O)CC[C@H]2[C@@H]3CCC4=C(CCC5(C4)OCCO5)C3=CC[C@@]21C. The lowest BCUT2D eigenvalue weighted by molar-refractivity contribution is -0.164. The second kappa shape index (κ2) is 5.43. The minimum atomic E-state index is -2.86. The van der Waals surface area contributed by atoms with Gasteiger partial charge in [0.15, 0.2) is 5.79 Å². The highest BCUT2D eigenvalue weighted by Crippen LogP contribution is 2.63. The maximum absolute atomic E-state index is 11.6. The van der Waals surface area contributed by atoms with Gasteiger partial charge in [-0.2, -0.15) is 0 Å². The molecule has 1 saturated heterocycles. The van der Waals surface area contributed by atoms with Gasteiger partial charge < -0.3 is 14.6 Å². The fraction of sp³-hybridized carbons (Fsp3) is 0.818. The van der Waals surface area contributed by atoms with Crippen LogP contribution in [0.2, 0.25) is 0 Å². The van der Waals surface area contributed by atoms with Crippen molar-refractivity contribution < 1.29 is 21.4 Å². The van der Waals surface area contributed by atoms with E-state index in [1.54, 1.807) is 0 Å². The minimum absolute atomic E-state index is 0.101. The van der Waals surface area contributed by atoms with Gasteiger partial charge in [-0.15, -0.1) is 0 Å². The normalized spacial score (nSPS) is 49.2. The summed E-state index contributed by atoms with van der Waals surface area (Å²) in [7, 11) is 0. The van der Waals surface area contributed by atoms with Crippen LogP contribution in [0, 0.1) is 17.3 Å². The summed E-state index contributed by atoms with van der Waals surface area (Å²) in [6, 6.07) is 0. The van der Waals surface area contributed by atoms with Gasteiger partial charge in [-0.3, -0.25) is 0 Å². The van der Waals surface area contributed by atoms with Crippen molar-refractivity contribution in [3.8, 4) is 0 Å². The van der Waals surface area contributed by atoms with E-state index in [1.165, 1.54) is 16.7 Å². The standard InChI is InChI=1S/C22H32O3/c1-3-21(23)10-8-19-18-5-4-15-14-22(24-12-13-25-22)11-7-16(15)17(18)6-9-20(19,21)2/h6,18-19,23H,3-5,7-14H2,1-2H3/t18-,19+,20+,21+/m1/s1/i1D3,3D2. The summed E-state index contributed by atoms with van der Waals surface area (Å²) in [6.07, 6.45) is 5.52. The summed E-state index contributed by atoms with van der Waals surface area (Å²) >= 11 is 0. The van der Waals surface area contributed by atoms with Crippen LogP contribution in [0.3, 0.4) is 0 Å². The Morgan fingerprint density at radius 1 is 1.28 bits per heavy atom. The molecule has 5 rings (SSSR count). The van der Waals surface area contributed by atoms with E-state index in [9.17, 15) is 5.11 Å². The monoisotopic (exact) mass is 349 g/mol. The number of hydrogen-bond donors (Lipinski definition) is 1. The summed E-state index contributed by atoms with van der Waals surface area (Å²) in [5.74, 6) is -0.0640. The third kappa shape index (κ3) is 2.15. The molecule has 5 aliphatic rings. The molecule has 1 saturated carbocycles. The van der Waals surface area contributed by atoms with Gasteiger partial charge in [0.1, 0.15) is 0 Å². The zero-order valence-corrected chi connectivity index (χ0v) is 15.1. The first-order chi connectivity index (χ1) is 13.9. The molecule has 1 spiro atoms. The molecule has 138 valence electrons. The van der Waals surface area contributed by atoms with Gasteiger partial charge in [0.25, 0.3) is 0 Å². The summed E-state index contributed by atoms with van der Waals surface area (Å²) < 4.78 is 51.9. The van der Waals surface area contributed by atoms with Crippen LogP contribution in [0.1, 0.15) is 78.4 Å². The molecule has 0 radical (unpaired) electrons. The predicted octanol–water partition coefficient (Wildman–Crippen LogP) is 4.51. The topological polar surface area (TPSA) is 38.7 Å². The Labute approximate surface area is 158 Å². The summed E-state index contributed by atoms with van der Waals surface area (Å²) in [4.78, 5) is 0. The van der Waals surface area contributed by atoms with Gasteiger partial charge in [-0.05, 0) is 67.9 Å². The molecule has 2 fully saturated rings. The summed E-state index contributed by atoms with van der Waals surface area (Å²) in [6.45, 7) is 0.392. The van der Waals surface area contributed by atoms with Crippen molar-refractivity contribution in [2.24, 2.45) is 17.3 Å². The lowest BCUT2D eigenvalue weighted by Crippen LogP contribution is -2.48. The average Bonchev–Trinajstić information content (AvgIpc) is 3.23. The highest BCUT2D eigenvalue weighted by molar-refractivity contribution is 5.45. The Bertz CT molecular complexity index is 810. The molecule has 1 aliphatic heterocycles. The van der Waals surface area contributed by atoms with Crippen LogP contribution in [0.15, 0.2) is 22.8 Å². The fourth-order valence-electron chi connectivity index (χ4n) is 6.51. The fourth-order valence-corrected chi connectivity index (χ4v) is 6.51. The van der Waals surface area contributed by atoms with Gasteiger partial charge >= 0.3 is 0 Å². The molecule has 1 N–H and O–H groups in total. The first kappa shape index (κ1) is 11.9. The molecular weight excluding hydrogens is 312 g/mol. The molecule has 1 heterocycles. The van der Waals surface area contributed by atoms with Crippen molar-refractivity contribution in [1.29, 1.82) is 0 Å². The molecule has 3 nitrogen and oxygen atoms in total. The van der Waals surface area contributed by atoms with E-state index in [4.69, 9.17) is 16.3 Å². The third-order valence-corrected chi connectivity index (χ3v) is 8.00. The molecule has 0 bridgehead atoms. The molecule has 0 aromatic heterocycles. The number of fused-ring (bicyclic) bond motifs is 4. The van der Waals surface area contributed by atoms with E-state index in [-0.39, 0.29) is 18.3 Å². The number of ether oxygens (including phenoxy) is 2. The molecular formula is C22H32O3. The zero-order chi connectivity index (χ0) is 21.6. The van der Waals surface area contributed by atoms with Gasteiger partial charge in [0.2, 0.25) is 0 Å². The molecule has 3 heteroatoms. The Morgan fingerprint density at radius 3 is 2.92 bits per heavy atom. The lowest BCUT2D eigenvalue weighted by Gasteiger charge is -2.51. The second-order valence-electron chi connectivity index (χ2n) is 8.92. The quantitative estimate of drug-likeness (QED) is 0.757.